The number of hydrogen-bond donors (Lipinski definition) is 0. The fourth-order valence-electron chi connectivity index (χ4n) is 6.25. The van der Waals surface area contributed by atoms with Gasteiger partial charge < -0.3 is 9.47 Å². The van der Waals surface area contributed by atoms with E-state index in [0.717, 1.165) is 58.4 Å². The summed E-state index contributed by atoms with van der Waals surface area (Å²) < 4.78 is 12.1. The van der Waals surface area contributed by atoms with Crippen LogP contribution in [0.15, 0.2) is 105 Å². The molecule has 0 spiro atoms. The Bertz CT molecular complexity index is 1590. The molecule has 5 nitrogen and oxygen atoms in total. The fourth-order valence-corrected chi connectivity index (χ4v) is 6.25. The normalized spacial score (nSPS) is 22.8. The zero-order chi connectivity index (χ0) is 26.9. The summed E-state index contributed by atoms with van der Waals surface area (Å²) in [7, 11) is 0. The largest absolute Gasteiger partial charge is 0.484 e. The highest BCUT2D eigenvalue weighted by molar-refractivity contribution is 5.89. The molecule has 39 heavy (non-hydrogen) atoms. The van der Waals surface area contributed by atoms with Crippen molar-refractivity contribution in [1.82, 2.24) is 9.88 Å². The first-order valence-electron chi connectivity index (χ1n) is 13.5. The van der Waals surface area contributed by atoms with Crippen LogP contribution in [0.5, 0.6) is 5.75 Å². The Balaban J connectivity index is 1.33. The van der Waals surface area contributed by atoms with Gasteiger partial charge in [0.1, 0.15) is 17.6 Å². The van der Waals surface area contributed by atoms with Crippen LogP contribution < -0.4 is 4.74 Å². The number of piperidine rings is 3. The summed E-state index contributed by atoms with van der Waals surface area (Å²) in [6.07, 6.45) is 7.25. The monoisotopic (exact) mass is 516 g/mol. The molecule has 3 saturated heterocycles. The van der Waals surface area contributed by atoms with Gasteiger partial charge in [0.15, 0.2) is 0 Å². The highest BCUT2D eigenvalue weighted by atomic mass is 16.5. The van der Waals surface area contributed by atoms with Crippen molar-refractivity contribution in [3.05, 3.63) is 116 Å². The molecule has 3 unspecified atom stereocenters. The Morgan fingerprint density at radius 2 is 1.87 bits per heavy atom. The lowest BCUT2D eigenvalue weighted by atomic mass is 9.73. The van der Waals surface area contributed by atoms with E-state index in [1.165, 1.54) is 6.42 Å². The molecule has 0 aliphatic carbocycles. The van der Waals surface area contributed by atoms with Crippen LogP contribution in [0.3, 0.4) is 0 Å². The van der Waals surface area contributed by atoms with Gasteiger partial charge in [-0.15, -0.1) is 6.58 Å². The van der Waals surface area contributed by atoms with E-state index in [-0.39, 0.29) is 12.1 Å². The molecule has 3 aliphatic rings. The highest BCUT2D eigenvalue weighted by Crippen LogP contribution is 2.44. The Labute approximate surface area is 229 Å². The molecule has 1 aromatic heterocycles. The van der Waals surface area contributed by atoms with Crippen LogP contribution in [0.2, 0.25) is 0 Å². The van der Waals surface area contributed by atoms with Crippen molar-refractivity contribution < 1.29 is 14.3 Å². The minimum atomic E-state index is -0.478. The predicted molar refractivity (Wildman–Crippen MR) is 156 cm³/mol. The van der Waals surface area contributed by atoms with E-state index < -0.39 is 5.97 Å². The molecule has 0 amide bonds. The van der Waals surface area contributed by atoms with Crippen LogP contribution in [-0.2, 0) is 9.53 Å². The van der Waals surface area contributed by atoms with E-state index in [0.29, 0.717) is 23.3 Å². The summed E-state index contributed by atoms with van der Waals surface area (Å²) in [5.74, 6) is 1.79. The number of fused-ring (bicyclic) bond motifs is 5. The number of hydrogen-bond acceptors (Lipinski definition) is 5. The number of benzene rings is 3. The number of para-hydroxylation sites is 1. The van der Waals surface area contributed by atoms with Crippen LogP contribution in [-0.4, -0.2) is 35.0 Å². The summed E-state index contributed by atoms with van der Waals surface area (Å²) >= 11 is 0. The predicted octanol–water partition coefficient (Wildman–Crippen LogP) is 7.10. The van der Waals surface area contributed by atoms with E-state index in [4.69, 9.17) is 9.47 Å². The van der Waals surface area contributed by atoms with Crippen molar-refractivity contribution in [3.8, 4) is 5.75 Å². The van der Waals surface area contributed by atoms with E-state index in [1.54, 1.807) is 6.07 Å². The van der Waals surface area contributed by atoms with Crippen LogP contribution in [0.4, 0.5) is 0 Å². The molecule has 4 heterocycles. The number of aromatic nitrogens is 1. The maximum Gasteiger partial charge on any atom is 0.335 e. The summed E-state index contributed by atoms with van der Waals surface area (Å²) in [4.78, 5) is 18.8. The average Bonchev–Trinajstić information content (AvgIpc) is 2.99. The first kappa shape index (κ1) is 25.1. The molecular formula is C34H32N2O3. The molecule has 0 N–H and O–H groups in total. The molecule has 5 heteroatoms. The standard InChI is InChI=1S/C34H32N2O3/c1-4-23-21-36-17-15-27(23)20-32(36)34(30-14-16-35-31-9-7-6-8-29(30)31)38-22(3)24-10-11-26-19-28(39-33(37)5-2)13-12-25(26)18-24/h4-14,16,18-19,23,27,32,34H,1-3,15,17,20-21H2/t23-,27?,32-,34?/m0/s1. The van der Waals surface area contributed by atoms with E-state index in [9.17, 15) is 4.79 Å². The van der Waals surface area contributed by atoms with Crippen LogP contribution in [0.1, 0.15) is 30.1 Å². The van der Waals surface area contributed by atoms with E-state index >= 15 is 0 Å². The van der Waals surface area contributed by atoms with Gasteiger partial charge in [0.25, 0.3) is 0 Å². The summed E-state index contributed by atoms with van der Waals surface area (Å²) in [6.45, 7) is 14.0. The van der Waals surface area contributed by atoms with Crippen molar-refractivity contribution in [2.24, 2.45) is 11.8 Å². The number of rotatable bonds is 8. The maximum absolute atomic E-state index is 11.6. The fraction of sp³-hybridized carbons (Fsp3) is 0.235. The van der Waals surface area contributed by atoms with Gasteiger partial charge in [-0.1, -0.05) is 55.6 Å². The Kier molecular flexibility index (Phi) is 6.76. The molecular weight excluding hydrogens is 484 g/mol. The first-order chi connectivity index (χ1) is 19.0. The van der Waals surface area contributed by atoms with Crippen molar-refractivity contribution in [2.45, 2.75) is 25.0 Å². The third-order valence-electron chi connectivity index (χ3n) is 8.28. The van der Waals surface area contributed by atoms with Gasteiger partial charge in [0.05, 0.1) is 11.6 Å². The molecule has 3 aliphatic heterocycles. The molecule has 3 aromatic carbocycles. The summed E-state index contributed by atoms with van der Waals surface area (Å²) in [6, 6.07) is 22.2. The quantitative estimate of drug-likeness (QED) is 0.0822. The van der Waals surface area contributed by atoms with E-state index in [1.807, 2.05) is 36.5 Å². The van der Waals surface area contributed by atoms with Crippen LogP contribution in [0, 0.1) is 11.8 Å². The molecule has 196 valence electrons. The topological polar surface area (TPSA) is 51.7 Å². The van der Waals surface area contributed by atoms with Crippen LogP contribution >= 0.6 is 0 Å². The van der Waals surface area contributed by atoms with Gasteiger partial charge in [-0.05, 0) is 72.3 Å². The molecule has 4 aromatic rings. The van der Waals surface area contributed by atoms with Gasteiger partial charge >= 0.3 is 5.97 Å². The Hall–Kier alpha value is -4.22. The second kappa shape index (κ2) is 10.5. The molecule has 3 fully saturated rings. The zero-order valence-corrected chi connectivity index (χ0v) is 22.0. The Morgan fingerprint density at radius 3 is 2.67 bits per heavy atom. The van der Waals surface area contributed by atoms with Crippen molar-refractivity contribution in [2.75, 3.05) is 13.1 Å². The van der Waals surface area contributed by atoms with Crippen molar-refractivity contribution >= 4 is 33.4 Å². The van der Waals surface area contributed by atoms with Crippen LogP contribution in [0.25, 0.3) is 27.4 Å². The number of carbonyl (C=O) groups excluding carboxylic acids is 1. The lowest BCUT2D eigenvalue weighted by Gasteiger charge is -2.51. The number of carbonyl (C=O) groups is 1. The number of pyridine rings is 1. The van der Waals surface area contributed by atoms with Gasteiger partial charge in [0.2, 0.25) is 0 Å². The van der Waals surface area contributed by atoms with Gasteiger partial charge in [0, 0.05) is 35.3 Å². The molecule has 5 atom stereocenters. The number of nitrogens with zero attached hydrogens (tertiary/aromatic N) is 2. The molecule has 2 bridgehead atoms. The molecule has 7 rings (SSSR count). The minimum Gasteiger partial charge on any atom is -0.484 e. The number of ether oxygens (including phenoxy) is 2. The van der Waals surface area contributed by atoms with Gasteiger partial charge in [-0.2, -0.15) is 0 Å². The molecule has 0 saturated carbocycles. The minimum absolute atomic E-state index is 0.185. The lowest BCUT2D eigenvalue weighted by molar-refractivity contribution is -0.128. The summed E-state index contributed by atoms with van der Waals surface area (Å²) in [5.41, 5.74) is 3.03. The second-order valence-electron chi connectivity index (χ2n) is 10.5. The average molecular weight is 517 g/mol. The third kappa shape index (κ3) is 4.86. The highest BCUT2D eigenvalue weighted by Gasteiger charge is 2.44. The first-order valence-corrected chi connectivity index (χ1v) is 13.5. The van der Waals surface area contributed by atoms with Crippen molar-refractivity contribution in [1.29, 1.82) is 0 Å². The van der Waals surface area contributed by atoms with E-state index in [2.05, 4.69) is 66.0 Å². The lowest BCUT2D eigenvalue weighted by Crippen LogP contribution is -2.55. The van der Waals surface area contributed by atoms with Gasteiger partial charge in [-0.25, -0.2) is 4.79 Å². The Morgan fingerprint density at radius 1 is 1.05 bits per heavy atom. The summed E-state index contributed by atoms with van der Waals surface area (Å²) in [5, 5.41) is 3.08. The molecule has 0 radical (unpaired) electrons. The number of esters is 1. The zero-order valence-electron chi connectivity index (χ0n) is 22.0. The van der Waals surface area contributed by atoms with Crippen molar-refractivity contribution in [3.63, 3.8) is 0 Å². The second-order valence-corrected chi connectivity index (χ2v) is 10.5. The smallest absolute Gasteiger partial charge is 0.335 e. The third-order valence-corrected chi connectivity index (χ3v) is 8.28. The SMILES string of the molecule is C=CC(=O)Oc1ccc2cc(C(=C)OC(c3ccnc4ccccc34)[C@@H]3CC4CCN3C[C@@H]4C=C)ccc2c1. The van der Waals surface area contributed by atoms with Gasteiger partial charge in [-0.3, -0.25) is 9.88 Å². The maximum atomic E-state index is 11.6.